The molecule has 1 aliphatic heterocycles. The molecular weight excluding hydrogens is 292 g/mol. The SMILES string of the molecule is CCCCCCCCCCCCCC(=O)OCC1C=CC(=O)O1. The molecule has 1 atom stereocenters. The fourth-order valence-electron chi connectivity index (χ4n) is 2.68. The Labute approximate surface area is 140 Å². The zero-order valence-electron chi connectivity index (χ0n) is 14.6. The highest BCUT2D eigenvalue weighted by atomic mass is 16.6. The van der Waals surface area contributed by atoms with Gasteiger partial charge < -0.3 is 9.47 Å². The second kappa shape index (κ2) is 13.1. The molecule has 1 heterocycles. The van der Waals surface area contributed by atoms with Gasteiger partial charge in [0.1, 0.15) is 6.61 Å². The Kier molecular flexibility index (Phi) is 11.3. The molecule has 1 aliphatic rings. The molecular formula is C19H32O4. The summed E-state index contributed by atoms with van der Waals surface area (Å²) in [6, 6.07) is 0. The normalized spacial score (nSPS) is 16.6. The van der Waals surface area contributed by atoms with Crippen molar-refractivity contribution < 1.29 is 19.1 Å². The Bertz CT molecular complexity index is 362. The molecule has 4 heteroatoms. The lowest BCUT2D eigenvalue weighted by molar-refractivity contribution is -0.151. The first kappa shape index (κ1) is 19.7. The molecule has 0 spiro atoms. The largest absolute Gasteiger partial charge is 0.461 e. The van der Waals surface area contributed by atoms with Gasteiger partial charge in [0.25, 0.3) is 0 Å². The fourth-order valence-corrected chi connectivity index (χ4v) is 2.68. The number of carbonyl (C=O) groups excluding carboxylic acids is 2. The van der Waals surface area contributed by atoms with Gasteiger partial charge in [-0.1, -0.05) is 71.1 Å². The Morgan fingerprint density at radius 1 is 1.00 bits per heavy atom. The van der Waals surface area contributed by atoms with E-state index < -0.39 is 6.10 Å². The van der Waals surface area contributed by atoms with Crippen LogP contribution >= 0.6 is 0 Å². The maximum Gasteiger partial charge on any atom is 0.331 e. The first-order valence-corrected chi connectivity index (χ1v) is 9.27. The van der Waals surface area contributed by atoms with E-state index in [0.29, 0.717) is 6.42 Å². The molecule has 0 aromatic heterocycles. The lowest BCUT2D eigenvalue weighted by atomic mass is 10.1. The molecule has 132 valence electrons. The van der Waals surface area contributed by atoms with Crippen molar-refractivity contribution in [2.24, 2.45) is 0 Å². The van der Waals surface area contributed by atoms with Crippen LogP contribution in [0.1, 0.15) is 84.0 Å². The summed E-state index contributed by atoms with van der Waals surface area (Å²) in [6.45, 7) is 2.38. The second-order valence-electron chi connectivity index (χ2n) is 6.30. The number of unbranched alkanes of at least 4 members (excludes halogenated alkanes) is 10. The van der Waals surface area contributed by atoms with Crippen molar-refractivity contribution in [1.29, 1.82) is 0 Å². The van der Waals surface area contributed by atoms with E-state index >= 15 is 0 Å². The second-order valence-corrected chi connectivity index (χ2v) is 6.30. The number of carbonyl (C=O) groups is 2. The molecule has 0 N–H and O–H groups in total. The maximum atomic E-state index is 11.6. The summed E-state index contributed by atoms with van der Waals surface area (Å²) in [5.41, 5.74) is 0. The van der Waals surface area contributed by atoms with Crippen molar-refractivity contribution in [3.63, 3.8) is 0 Å². The molecule has 0 fully saturated rings. The molecule has 0 amide bonds. The van der Waals surface area contributed by atoms with E-state index in [9.17, 15) is 9.59 Å². The maximum absolute atomic E-state index is 11.6. The fraction of sp³-hybridized carbons (Fsp3) is 0.789. The summed E-state index contributed by atoms with van der Waals surface area (Å²) in [5, 5.41) is 0. The van der Waals surface area contributed by atoms with Crippen LogP contribution in [0.15, 0.2) is 12.2 Å². The van der Waals surface area contributed by atoms with E-state index in [1.54, 1.807) is 6.08 Å². The van der Waals surface area contributed by atoms with E-state index in [-0.39, 0.29) is 18.5 Å². The number of ether oxygens (including phenoxy) is 2. The van der Waals surface area contributed by atoms with E-state index in [2.05, 4.69) is 6.92 Å². The van der Waals surface area contributed by atoms with Gasteiger partial charge in [-0.05, 0) is 12.5 Å². The molecule has 0 saturated heterocycles. The molecule has 4 nitrogen and oxygen atoms in total. The highest BCUT2D eigenvalue weighted by molar-refractivity contribution is 5.84. The highest BCUT2D eigenvalue weighted by Crippen LogP contribution is 2.12. The van der Waals surface area contributed by atoms with Crippen LogP contribution in [0, 0.1) is 0 Å². The predicted molar refractivity (Wildman–Crippen MR) is 91.1 cm³/mol. The van der Waals surface area contributed by atoms with E-state index in [1.165, 1.54) is 63.9 Å². The number of rotatable bonds is 14. The van der Waals surface area contributed by atoms with Crippen LogP contribution in [0.4, 0.5) is 0 Å². The van der Waals surface area contributed by atoms with Crippen molar-refractivity contribution in [2.45, 2.75) is 90.1 Å². The zero-order chi connectivity index (χ0) is 16.8. The number of cyclic esters (lactones) is 1. The molecule has 0 bridgehead atoms. The smallest absolute Gasteiger partial charge is 0.331 e. The highest BCUT2D eigenvalue weighted by Gasteiger charge is 2.18. The summed E-state index contributed by atoms with van der Waals surface area (Å²) in [4.78, 5) is 22.4. The van der Waals surface area contributed by atoms with Gasteiger partial charge in [0.15, 0.2) is 6.10 Å². The summed E-state index contributed by atoms with van der Waals surface area (Å²) in [6.07, 6.45) is 17.0. The zero-order valence-corrected chi connectivity index (χ0v) is 14.6. The molecule has 0 saturated carbocycles. The predicted octanol–water partition coefficient (Wildman–Crippen LogP) is 4.71. The van der Waals surface area contributed by atoms with Crippen molar-refractivity contribution in [3.8, 4) is 0 Å². The first-order valence-electron chi connectivity index (χ1n) is 9.27. The van der Waals surface area contributed by atoms with Crippen LogP contribution in [0.3, 0.4) is 0 Å². The van der Waals surface area contributed by atoms with Gasteiger partial charge >= 0.3 is 11.9 Å². The molecule has 1 rings (SSSR count). The quantitative estimate of drug-likeness (QED) is 0.343. The van der Waals surface area contributed by atoms with Gasteiger partial charge in [0, 0.05) is 12.5 Å². The van der Waals surface area contributed by atoms with Gasteiger partial charge in [0.2, 0.25) is 0 Å². The number of hydrogen-bond donors (Lipinski definition) is 0. The number of esters is 2. The van der Waals surface area contributed by atoms with Gasteiger partial charge in [-0.15, -0.1) is 0 Å². The molecule has 0 aliphatic carbocycles. The number of hydrogen-bond acceptors (Lipinski definition) is 4. The Balaban J connectivity index is 1.81. The topological polar surface area (TPSA) is 52.6 Å². The molecule has 23 heavy (non-hydrogen) atoms. The van der Waals surface area contributed by atoms with Crippen LogP contribution in [0.25, 0.3) is 0 Å². The Morgan fingerprint density at radius 3 is 2.09 bits per heavy atom. The van der Waals surface area contributed by atoms with Crippen LogP contribution in [-0.4, -0.2) is 24.6 Å². The van der Waals surface area contributed by atoms with Crippen molar-refractivity contribution >= 4 is 11.9 Å². The molecule has 1 unspecified atom stereocenters. The molecule has 0 aromatic carbocycles. The van der Waals surface area contributed by atoms with E-state index in [0.717, 1.165) is 12.8 Å². The molecule has 0 radical (unpaired) electrons. The average molecular weight is 324 g/mol. The van der Waals surface area contributed by atoms with Crippen LogP contribution in [-0.2, 0) is 19.1 Å². The lowest BCUT2D eigenvalue weighted by Gasteiger charge is -2.09. The summed E-state index contributed by atoms with van der Waals surface area (Å²) >= 11 is 0. The van der Waals surface area contributed by atoms with E-state index in [4.69, 9.17) is 9.47 Å². The van der Waals surface area contributed by atoms with Crippen molar-refractivity contribution in [1.82, 2.24) is 0 Å². The first-order chi connectivity index (χ1) is 11.2. The van der Waals surface area contributed by atoms with Crippen LogP contribution in [0.5, 0.6) is 0 Å². The summed E-state index contributed by atoms with van der Waals surface area (Å²) in [5.74, 6) is -0.561. The third-order valence-electron chi connectivity index (χ3n) is 4.11. The summed E-state index contributed by atoms with van der Waals surface area (Å²) in [7, 11) is 0. The Hall–Kier alpha value is -1.32. The molecule has 0 aromatic rings. The minimum atomic E-state index is -0.399. The minimum absolute atomic E-state index is 0.138. The Morgan fingerprint density at radius 2 is 1.57 bits per heavy atom. The summed E-state index contributed by atoms with van der Waals surface area (Å²) < 4.78 is 9.99. The third-order valence-corrected chi connectivity index (χ3v) is 4.11. The lowest BCUT2D eigenvalue weighted by Crippen LogP contribution is -2.18. The van der Waals surface area contributed by atoms with Gasteiger partial charge in [-0.3, -0.25) is 4.79 Å². The van der Waals surface area contributed by atoms with Gasteiger partial charge in [-0.2, -0.15) is 0 Å². The van der Waals surface area contributed by atoms with Gasteiger partial charge in [0.05, 0.1) is 0 Å². The standard InChI is InChI=1S/C19H32O4/c1-2-3-4-5-6-7-8-9-10-11-12-13-18(20)22-16-17-14-15-19(21)23-17/h14-15,17H,2-13,16H2,1H3. The average Bonchev–Trinajstić information content (AvgIpc) is 2.96. The van der Waals surface area contributed by atoms with Crippen LogP contribution < -0.4 is 0 Å². The van der Waals surface area contributed by atoms with Crippen LogP contribution in [0.2, 0.25) is 0 Å². The monoisotopic (exact) mass is 324 g/mol. The van der Waals surface area contributed by atoms with E-state index in [1.807, 2.05) is 0 Å². The van der Waals surface area contributed by atoms with Gasteiger partial charge in [-0.25, -0.2) is 4.79 Å². The third kappa shape index (κ3) is 10.9. The minimum Gasteiger partial charge on any atom is -0.461 e. The van der Waals surface area contributed by atoms with Crippen molar-refractivity contribution in [2.75, 3.05) is 6.61 Å². The van der Waals surface area contributed by atoms with Crippen molar-refractivity contribution in [3.05, 3.63) is 12.2 Å².